The molecule has 0 spiro atoms. The fraction of sp³-hybridized carbons (Fsp3) is 0.231. The summed E-state index contributed by atoms with van der Waals surface area (Å²) in [4.78, 5) is 29.3. The largest absolute Gasteiger partial charge is 0.505 e. The number of ether oxygens (including phenoxy) is 1. The molecule has 48 heavy (non-hydrogen) atoms. The van der Waals surface area contributed by atoms with Gasteiger partial charge in [-0.15, -0.1) is 0 Å². The molecule has 2 heterocycles. The third-order valence-corrected chi connectivity index (χ3v) is 9.61. The van der Waals surface area contributed by atoms with Crippen LogP contribution in [0.2, 0.25) is 6.32 Å². The maximum atomic E-state index is 14.3. The number of nitrogens with zero attached hydrogens (tertiary/aromatic N) is 1. The summed E-state index contributed by atoms with van der Waals surface area (Å²) in [7, 11) is -1.12. The molecule has 2 saturated heterocycles. The van der Waals surface area contributed by atoms with Crippen molar-refractivity contribution in [2.45, 2.75) is 31.7 Å². The van der Waals surface area contributed by atoms with E-state index in [1.807, 2.05) is 72.8 Å². The molecule has 7 nitrogen and oxygen atoms in total. The van der Waals surface area contributed by atoms with Crippen molar-refractivity contribution in [1.29, 1.82) is 0 Å². The lowest BCUT2D eigenvalue weighted by molar-refractivity contribution is -0.122. The zero-order chi connectivity index (χ0) is 33.2. The molecular formula is C39H35BFNO6. The standard InChI is InChI=1S/C39H35BFNO6/c41-33-21-25(16-18-34(33)43)20-27(26-10-4-1-5-11-26)17-19-35-36-28(24-47-30-14-8-3-9-15-30)22-31-37(32(36)23-40(46)48-35)39(45)42(38(31)44)29-12-6-2-7-13-29/h1-16,18,20-21,31-32,35,37,43,46H,17,19,22-24H2/b27-20-/t31-,32+,35-,37-/m1/s1. The van der Waals surface area contributed by atoms with Crippen molar-refractivity contribution in [3.05, 3.63) is 137 Å². The van der Waals surface area contributed by atoms with Gasteiger partial charge in [0.1, 0.15) is 12.4 Å². The van der Waals surface area contributed by atoms with Gasteiger partial charge in [-0.2, -0.15) is 0 Å². The van der Waals surface area contributed by atoms with Gasteiger partial charge in [0.15, 0.2) is 11.6 Å². The maximum absolute atomic E-state index is 14.3. The molecule has 2 fully saturated rings. The Morgan fingerprint density at radius 3 is 2.31 bits per heavy atom. The molecule has 7 rings (SSSR count). The third-order valence-electron chi connectivity index (χ3n) is 9.61. The molecule has 4 aromatic carbocycles. The monoisotopic (exact) mass is 643 g/mol. The lowest BCUT2D eigenvalue weighted by Gasteiger charge is -2.43. The van der Waals surface area contributed by atoms with Gasteiger partial charge >= 0.3 is 7.12 Å². The average Bonchev–Trinajstić information content (AvgIpc) is 3.36. The van der Waals surface area contributed by atoms with E-state index < -0.39 is 42.5 Å². The minimum atomic E-state index is -1.12. The number of fused-ring (bicyclic) bond motifs is 3. The zero-order valence-corrected chi connectivity index (χ0v) is 26.2. The Balaban J connectivity index is 1.24. The molecule has 4 atom stereocenters. The summed E-state index contributed by atoms with van der Waals surface area (Å²) in [5, 5.41) is 20.8. The number of rotatable bonds is 9. The number of imide groups is 1. The number of phenols is 1. The number of phenolic OH excluding ortho intramolecular Hbond substituents is 1. The van der Waals surface area contributed by atoms with Crippen molar-refractivity contribution < 1.29 is 33.5 Å². The maximum Gasteiger partial charge on any atom is 0.455 e. The Labute approximate surface area is 279 Å². The van der Waals surface area contributed by atoms with E-state index in [0.717, 1.165) is 22.3 Å². The normalized spacial score (nSPS) is 22.5. The minimum absolute atomic E-state index is 0.192. The molecule has 4 aromatic rings. The Hall–Kier alpha value is -4.99. The summed E-state index contributed by atoms with van der Waals surface area (Å²) in [6.07, 6.45) is 2.84. The molecule has 0 aromatic heterocycles. The Kier molecular flexibility index (Phi) is 8.97. The fourth-order valence-corrected chi connectivity index (χ4v) is 7.47. The number of halogens is 1. The summed E-state index contributed by atoms with van der Waals surface area (Å²) < 4.78 is 26.8. The highest BCUT2D eigenvalue weighted by Crippen LogP contribution is 2.51. The van der Waals surface area contributed by atoms with E-state index in [1.54, 1.807) is 30.3 Å². The molecule has 3 aliphatic rings. The van der Waals surface area contributed by atoms with E-state index in [1.165, 1.54) is 17.0 Å². The SMILES string of the molecule is O=C1[C@@H]2[C@@H](CC(COc3ccccc3)=C3[C@@H](CC/C(=C/c4ccc(O)c(F)c4)c4ccccc4)OB(O)C[C@@H]32)C(=O)N1c1ccccc1. The van der Waals surface area contributed by atoms with Gasteiger partial charge < -0.3 is 19.5 Å². The van der Waals surface area contributed by atoms with Crippen LogP contribution in [0.1, 0.15) is 30.4 Å². The van der Waals surface area contributed by atoms with Crippen LogP contribution in [0.3, 0.4) is 0 Å². The van der Waals surface area contributed by atoms with Gasteiger partial charge in [0.25, 0.3) is 0 Å². The number of amides is 2. The molecular weight excluding hydrogens is 608 g/mol. The van der Waals surface area contributed by atoms with E-state index in [9.17, 15) is 24.1 Å². The Morgan fingerprint density at radius 2 is 1.60 bits per heavy atom. The van der Waals surface area contributed by atoms with Crippen LogP contribution in [0.5, 0.6) is 11.5 Å². The van der Waals surface area contributed by atoms with E-state index in [-0.39, 0.29) is 24.7 Å². The van der Waals surface area contributed by atoms with Gasteiger partial charge in [-0.05, 0) is 95.7 Å². The minimum Gasteiger partial charge on any atom is -0.505 e. The third kappa shape index (κ3) is 6.31. The molecule has 0 saturated carbocycles. The number of para-hydroxylation sites is 2. The molecule has 0 unspecified atom stereocenters. The van der Waals surface area contributed by atoms with Gasteiger partial charge in [-0.1, -0.05) is 78.9 Å². The number of allylic oxidation sites excluding steroid dienone is 1. The summed E-state index contributed by atoms with van der Waals surface area (Å²) in [5.41, 5.74) is 4.82. The number of hydrogen-bond donors (Lipinski definition) is 2. The predicted octanol–water partition coefficient (Wildman–Crippen LogP) is 6.93. The zero-order valence-electron chi connectivity index (χ0n) is 26.2. The Morgan fingerprint density at radius 1 is 0.917 bits per heavy atom. The van der Waals surface area contributed by atoms with Crippen molar-refractivity contribution in [2.75, 3.05) is 11.5 Å². The highest BCUT2D eigenvalue weighted by molar-refractivity contribution is 6.43. The number of carbonyl (C=O) groups excluding carboxylic acids is 2. The molecule has 2 N–H and O–H groups in total. The van der Waals surface area contributed by atoms with Crippen molar-refractivity contribution in [2.24, 2.45) is 17.8 Å². The van der Waals surface area contributed by atoms with Crippen LogP contribution in [-0.4, -0.2) is 41.8 Å². The van der Waals surface area contributed by atoms with Crippen molar-refractivity contribution in [3.8, 4) is 11.5 Å². The van der Waals surface area contributed by atoms with Crippen molar-refractivity contribution in [1.82, 2.24) is 0 Å². The highest BCUT2D eigenvalue weighted by Gasteiger charge is 2.57. The summed E-state index contributed by atoms with van der Waals surface area (Å²) in [5.74, 6) is -2.53. The first-order valence-electron chi connectivity index (χ1n) is 16.3. The number of anilines is 1. The summed E-state index contributed by atoms with van der Waals surface area (Å²) >= 11 is 0. The first kappa shape index (κ1) is 31.6. The van der Waals surface area contributed by atoms with Crippen LogP contribution in [0.4, 0.5) is 10.1 Å². The van der Waals surface area contributed by atoms with Crippen LogP contribution in [0.25, 0.3) is 11.6 Å². The second-order valence-corrected chi connectivity index (χ2v) is 12.6. The van der Waals surface area contributed by atoms with Crippen LogP contribution in [0.15, 0.2) is 120 Å². The van der Waals surface area contributed by atoms with E-state index in [2.05, 4.69) is 0 Å². The summed E-state index contributed by atoms with van der Waals surface area (Å²) in [6, 6.07) is 32.4. The smallest absolute Gasteiger partial charge is 0.455 e. The topological polar surface area (TPSA) is 96.3 Å². The van der Waals surface area contributed by atoms with E-state index in [4.69, 9.17) is 9.39 Å². The molecule has 2 amide bonds. The molecule has 9 heteroatoms. The van der Waals surface area contributed by atoms with Crippen molar-refractivity contribution in [3.63, 3.8) is 0 Å². The number of carbonyl (C=O) groups is 2. The molecule has 0 radical (unpaired) electrons. The van der Waals surface area contributed by atoms with Crippen LogP contribution < -0.4 is 9.64 Å². The quantitative estimate of drug-likeness (QED) is 0.0889. The van der Waals surface area contributed by atoms with Gasteiger partial charge in [0, 0.05) is 0 Å². The molecule has 242 valence electrons. The van der Waals surface area contributed by atoms with E-state index in [0.29, 0.717) is 36.3 Å². The average molecular weight is 644 g/mol. The number of aromatic hydroxyl groups is 1. The second kappa shape index (κ2) is 13.6. The second-order valence-electron chi connectivity index (χ2n) is 12.6. The predicted molar refractivity (Wildman–Crippen MR) is 182 cm³/mol. The van der Waals surface area contributed by atoms with Gasteiger partial charge in [-0.3, -0.25) is 14.5 Å². The van der Waals surface area contributed by atoms with Gasteiger partial charge in [0.05, 0.1) is 23.6 Å². The lowest BCUT2D eigenvalue weighted by Crippen LogP contribution is -2.46. The summed E-state index contributed by atoms with van der Waals surface area (Å²) in [6.45, 7) is 0.218. The molecule has 0 bridgehead atoms. The van der Waals surface area contributed by atoms with Gasteiger partial charge in [-0.25, -0.2) is 4.39 Å². The molecule has 2 aliphatic heterocycles. The number of hydrogen-bond acceptors (Lipinski definition) is 6. The van der Waals surface area contributed by atoms with Crippen LogP contribution >= 0.6 is 0 Å². The first-order valence-corrected chi connectivity index (χ1v) is 16.3. The molecule has 1 aliphatic carbocycles. The van der Waals surface area contributed by atoms with Crippen LogP contribution in [0, 0.1) is 23.6 Å². The fourth-order valence-electron chi connectivity index (χ4n) is 7.47. The lowest BCUT2D eigenvalue weighted by atomic mass is 9.58. The van der Waals surface area contributed by atoms with Crippen molar-refractivity contribution >= 4 is 36.3 Å². The number of benzene rings is 4. The Bertz CT molecular complexity index is 1870. The van der Waals surface area contributed by atoms with E-state index >= 15 is 0 Å². The first-order chi connectivity index (χ1) is 23.4. The van der Waals surface area contributed by atoms with Gasteiger partial charge in [0.2, 0.25) is 11.8 Å². The highest BCUT2D eigenvalue weighted by atomic mass is 19.1. The van der Waals surface area contributed by atoms with Crippen LogP contribution in [-0.2, 0) is 14.2 Å².